The van der Waals surface area contributed by atoms with Crippen LogP contribution in [0.25, 0.3) is 0 Å². The first-order valence-corrected chi connectivity index (χ1v) is 7.48. The van der Waals surface area contributed by atoms with Crippen molar-refractivity contribution in [2.24, 2.45) is 0 Å². The molecule has 0 aliphatic heterocycles. The average Bonchev–Trinajstić information content (AvgIpc) is 2.45. The van der Waals surface area contributed by atoms with Gasteiger partial charge in [0.2, 0.25) is 0 Å². The Bertz CT molecular complexity index is 596. The van der Waals surface area contributed by atoms with E-state index in [1.807, 2.05) is 13.0 Å². The predicted octanol–water partition coefficient (Wildman–Crippen LogP) is 4.40. The van der Waals surface area contributed by atoms with Crippen molar-refractivity contribution in [3.8, 4) is 0 Å². The number of hydrogen-bond donors (Lipinski definition) is 1. The molecule has 0 amide bonds. The van der Waals surface area contributed by atoms with E-state index in [4.69, 9.17) is 0 Å². The molecular formula is C18H23FN2. The highest BCUT2D eigenvalue weighted by atomic mass is 19.1. The zero-order chi connectivity index (χ0) is 15.2. The molecule has 0 fully saturated rings. The van der Waals surface area contributed by atoms with Gasteiger partial charge in [-0.2, -0.15) is 0 Å². The molecule has 0 aliphatic carbocycles. The zero-order valence-electron chi connectivity index (χ0n) is 13.0. The van der Waals surface area contributed by atoms with E-state index in [0.29, 0.717) is 6.54 Å². The molecular weight excluding hydrogens is 263 g/mol. The summed E-state index contributed by atoms with van der Waals surface area (Å²) in [5, 5.41) is 3.24. The topological polar surface area (TPSA) is 15.3 Å². The van der Waals surface area contributed by atoms with Crippen molar-refractivity contribution in [3.05, 3.63) is 59.4 Å². The van der Waals surface area contributed by atoms with E-state index in [1.165, 1.54) is 5.56 Å². The number of nitrogens with one attached hydrogen (secondary N) is 1. The van der Waals surface area contributed by atoms with E-state index in [2.05, 4.69) is 48.3 Å². The summed E-state index contributed by atoms with van der Waals surface area (Å²) < 4.78 is 13.9. The molecule has 2 aromatic rings. The predicted molar refractivity (Wildman–Crippen MR) is 87.6 cm³/mol. The van der Waals surface area contributed by atoms with E-state index < -0.39 is 0 Å². The number of nitrogens with zero attached hydrogens (tertiary/aromatic N) is 1. The molecule has 2 rings (SSSR count). The zero-order valence-corrected chi connectivity index (χ0v) is 13.0. The standard InChI is InChI=1S/C18H23FN2/c1-4-20-13-15-10-16(19)12-18(11-15)21(5-2)17-8-6-7-14(3)9-17/h6-12,20H,4-5,13H2,1-3H3. The maximum atomic E-state index is 13.9. The number of aryl methyl sites for hydroxylation is 1. The number of hydrogen-bond acceptors (Lipinski definition) is 2. The van der Waals surface area contributed by atoms with Gasteiger partial charge in [0, 0.05) is 24.5 Å². The highest BCUT2D eigenvalue weighted by Crippen LogP contribution is 2.27. The summed E-state index contributed by atoms with van der Waals surface area (Å²) in [6, 6.07) is 13.5. The van der Waals surface area contributed by atoms with Gasteiger partial charge in [-0.1, -0.05) is 19.1 Å². The summed E-state index contributed by atoms with van der Waals surface area (Å²) in [6.45, 7) is 8.56. The monoisotopic (exact) mass is 286 g/mol. The van der Waals surface area contributed by atoms with Crippen LogP contribution in [0.2, 0.25) is 0 Å². The molecule has 3 heteroatoms. The lowest BCUT2D eigenvalue weighted by Crippen LogP contribution is -2.17. The Morgan fingerprint density at radius 2 is 1.86 bits per heavy atom. The minimum atomic E-state index is -0.188. The van der Waals surface area contributed by atoms with E-state index in [0.717, 1.165) is 30.0 Å². The second-order valence-corrected chi connectivity index (χ2v) is 5.18. The minimum Gasteiger partial charge on any atom is -0.342 e. The van der Waals surface area contributed by atoms with Gasteiger partial charge in [-0.25, -0.2) is 4.39 Å². The Labute approximate surface area is 126 Å². The van der Waals surface area contributed by atoms with Crippen molar-refractivity contribution < 1.29 is 4.39 Å². The van der Waals surface area contributed by atoms with Crippen LogP contribution in [0.4, 0.5) is 15.8 Å². The molecule has 2 nitrogen and oxygen atoms in total. The van der Waals surface area contributed by atoms with Gasteiger partial charge in [0.05, 0.1) is 0 Å². The van der Waals surface area contributed by atoms with Gasteiger partial charge in [-0.3, -0.25) is 0 Å². The fourth-order valence-corrected chi connectivity index (χ4v) is 2.47. The molecule has 0 bridgehead atoms. The molecule has 0 atom stereocenters. The fraction of sp³-hybridized carbons (Fsp3) is 0.333. The van der Waals surface area contributed by atoms with E-state index >= 15 is 0 Å². The quantitative estimate of drug-likeness (QED) is 0.846. The Balaban J connectivity index is 2.35. The second kappa shape index (κ2) is 7.23. The third kappa shape index (κ3) is 4.05. The summed E-state index contributed by atoms with van der Waals surface area (Å²) in [5.74, 6) is -0.188. The van der Waals surface area contributed by atoms with Crippen LogP contribution in [0.5, 0.6) is 0 Å². The number of anilines is 2. The highest BCUT2D eigenvalue weighted by molar-refractivity contribution is 5.64. The fourth-order valence-electron chi connectivity index (χ4n) is 2.47. The molecule has 21 heavy (non-hydrogen) atoms. The number of rotatable bonds is 6. The van der Waals surface area contributed by atoms with Gasteiger partial charge in [0.1, 0.15) is 5.82 Å². The van der Waals surface area contributed by atoms with Gasteiger partial charge in [0.15, 0.2) is 0 Å². The van der Waals surface area contributed by atoms with Gasteiger partial charge in [-0.15, -0.1) is 0 Å². The number of halogens is 1. The molecule has 0 saturated carbocycles. The van der Waals surface area contributed by atoms with Crippen molar-refractivity contribution in [1.82, 2.24) is 5.32 Å². The van der Waals surface area contributed by atoms with Crippen molar-refractivity contribution in [2.45, 2.75) is 27.3 Å². The van der Waals surface area contributed by atoms with Crippen LogP contribution in [-0.4, -0.2) is 13.1 Å². The average molecular weight is 286 g/mol. The maximum absolute atomic E-state index is 13.9. The third-order valence-electron chi connectivity index (χ3n) is 3.46. The minimum absolute atomic E-state index is 0.188. The van der Waals surface area contributed by atoms with Crippen molar-refractivity contribution >= 4 is 11.4 Å². The molecule has 2 aromatic carbocycles. The molecule has 112 valence electrons. The van der Waals surface area contributed by atoms with E-state index in [9.17, 15) is 4.39 Å². The van der Waals surface area contributed by atoms with Gasteiger partial charge in [-0.05, 0) is 61.9 Å². The first-order chi connectivity index (χ1) is 10.1. The normalized spacial score (nSPS) is 10.7. The van der Waals surface area contributed by atoms with Crippen LogP contribution >= 0.6 is 0 Å². The summed E-state index contributed by atoms with van der Waals surface area (Å²) >= 11 is 0. The van der Waals surface area contributed by atoms with Gasteiger partial charge >= 0.3 is 0 Å². The van der Waals surface area contributed by atoms with Crippen LogP contribution in [0.15, 0.2) is 42.5 Å². The van der Waals surface area contributed by atoms with Crippen LogP contribution < -0.4 is 10.2 Å². The Morgan fingerprint density at radius 1 is 1.05 bits per heavy atom. The van der Waals surface area contributed by atoms with Crippen LogP contribution in [0, 0.1) is 12.7 Å². The maximum Gasteiger partial charge on any atom is 0.125 e. The highest BCUT2D eigenvalue weighted by Gasteiger charge is 2.10. The smallest absolute Gasteiger partial charge is 0.125 e. The first kappa shape index (κ1) is 15.5. The lowest BCUT2D eigenvalue weighted by molar-refractivity contribution is 0.621. The Morgan fingerprint density at radius 3 is 2.52 bits per heavy atom. The number of benzene rings is 2. The molecule has 0 unspecified atom stereocenters. The molecule has 0 aliphatic rings. The lowest BCUT2D eigenvalue weighted by atomic mass is 10.1. The third-order valence-corrected chi connectivity index (χ3v) is 3.46. The van der Waals surface area contributed by atoms with Gasteiger partial charge in [0.25, 0.3) is 0 Å². The van der Waals surface area contributed by atoms with Crippen LogP contribution in [0.3, 0.4) is 0 Å². The van der Waals surface area contributed by atoms with Crippen molar-refractivity contribution in [1.29, 1.82) is 0 Å². The largest absolute Gasteiger partial charge is 0.342 e. The van der Waals surface area contributed by atoms with E-state index in [-0.39, 0.29) is 5.82 Å². The van der Waals surface area contributed by atoms with Crippen molar-refractivity contribution in [3.63, 3.8) is 0 Å². The van der Waals surface area contributed by atoms with Gasteiger partial charge < -0.3 is 10.2 Å². The Hall–Kier alpha value is -1.87. The van der Waals surface area contributed by atoms with Crippen molar-refractivity contribution in [2.75, 3.05) is 18.0 Å². The lowest BCUT2D eigenvalue weighted by Gasteiger charge is -2.24. The summed E-state index contributed by atoms with van der Waals surface area (Å²) in [6.07, 6.45) is 0. The van der Waals surface area contributed by atoms with Crippen LogP contribution in [0.1, 0.15) is 25.0 Å². The molecule has 0 radical (unpaired) electrons. The van der Waals surface area contributed by atoms with Crippen LogP contribution in [-0.2, 0) is 6.54 Å². The Kier molecular flexibility index (Phi) is 5.34. The second-order valence-electron chi connectivity index (χ2n) is 5.18. The SMILES string of the molecule is CCNCc1cc(F)cc(N(CC)c2cccc(C)c2)c1. The summed E-state index contributed by atoms with van der Waals surface area (Å²) in [5.41, 5.74) is 4.17. The summed E-state index contributed by atoms with van der Waals surface area (Å²) in [4.78, 5) is 2.13. The first-order valence-electron chi connectivity index (χ1n) is 7.48. The molecule has 0 aromatic heterocycles. The van der Waals surface area contributed by atoms with E-state index in [1.54, 1.807) is 12.1 Å². The molecule has 0 saturated heterocycles. The molecule has 1 N–H and O–H groups in total. The molecule has 0 spiro atoms. The molecule has 0 heterocycles. The summed E-state index contributed by atoms with van der Waals surface area (Å²) in [7, 11) is 0.